The Labute approximate surface area is 239 Å². The summed E-state index contributed by atoms with van der Waals surface area (Å²) in [5, 5.41) is 1.85. The lowest BCUT2D eigenvalue weighted by molar-refractivity contribution is -0.152. The highest BCUT2D eigenvalue weighted by Crippen LogP contribution is 2.52. The standard InChI is InChI=1S/C31H28F2N2O5S/c1-3-39-30(37)25-21(23-9-6-14-41-23)16-22-26(28(25)36)24(17-10-12-18(32)13-11-17)27(31(38)40-4-2)29(34)35(22)20-8-5-7-19(33)15-20/h5-15,21,24-25H,3-4,16,34H2,1-2H3/t21-,24+,25+/m0/s1. The van der Waals surface area contributed by atoms with Crippen LogP contribution in [0.2, 0.25) is 0 Å². The molecule has 0 bridgehead atoms. The summed E-state index contributed by atoms with van der Waals surface area (Å²) < 4.78 is 39.2. The van der Waals surface area contributed by atoms with Crippen molar-refractivity contribution in [3.05, 3.63) is 111 Å². The number of nitrogens with two attached hydrogens (primary N) is 1. The summed E-state index contributed by atoms with van der Waals surface area (Å²) >= 11 is 1.40. The van der Waals surface area contributed by atoms with E-state index in [1.165, 1.54) is 58.7 Å². The van der Waals surface area contributed by atoms with Crippen LogP contribution in [0.5, 0.6) is 0 Å². The Kier molecular flexibility index (Phi) is 8.03. The molecule has 3 aromatic rings. The fourth-order valence-corrected chi connectivity index (χ4v) is 6.47. The van der Waals surface area contributed by atoms with Crippen molar-refractivity contribution in [1.82, 2.24) is 0 Å². The van der Waals surface area contributed by atoms with Crippen LogP contribution in [0.1, 0.15) is 42.5 Å². The topological polar surface area (TPSA) is 98.9 Å². The van der Waals surface area contributed by atoms with Crippen LogP contribution in [0, 0.1) is 17.6 Å². The molecule has 0 fully saturated rings. The van der Waals surface area contributed by atoms with Gasteiger partial charge in [-0.2, -0.15) is 0 Å². The molecule has 0 saturated heterocycles. The van der Waals surface area contributed by atoms with Crippen molar-refractivity contribution >= 4 is 34.7 Å². The minimum Gasteiger partial charge on any atom is -0.465 e. The predicted molar refractivity (Wildman–Crippen MR) is 150 cm³/mol. The van der Waals surface area contributed by atoms with Crippen LogP contribution < -0.4 is 10.6 Å². The first-order chi connectivity index (χ1) is 19.8. The Balaban J connectivity index is 1.82. The Bertz CT molecular complexity index is 1550. The van der Waals surface area contributed by atoms with Crippen molar-refractivity contribution in [2.75, 3.05) is 18.1 Å². The van der Waals surface area contributed by atoms with Crippen molar-refractivity contribution in [3.63, 3.8) is 0 Å². The average Bonchev–Trinajstić information content (AvgIpc) is 3.48. The number of anilines is 1. The lowest BCUT2D eigenvalue weighted by Gasteiger charge is -2.43. The predicted octanol–water partition coefficient (Wildman–Crippen LogP) is 5.55. The van der Waals surface area contributed by atoms with E-state index in [9.17, 15) is 23.2 Å². The first-order valence-electron chi connectivity index (χ1n) is 13.2. The lowest BCUT2D eigenvalue weighted by Crippen LogP contribution is -2.46. The molecule has 3 atom stereocenters. The van der Waals surface area contributed by atoms with Crippen LogP contribution >= 0.6 is 11.3 Å². The smallest absolute Gasteiger partial charge is 0.338 e. The number of hydrogen-bond donors (Lipinski definition) is 1. The van der Waals surface area contributed by atoms with Crippen molar-refractivity contribution in [2.45, 2.75) is 32.1 Å². The van der Waals surface area contributed by atoms with Crippen LogP contribution in [0.15, 0.2) is 88.7 Å². The molecule has 10 heteroatoms. The molecule has 1 aromatic heterocycles. The number of rotatable bonds is 7. The molecular weight excluding hydrogens is 550 g/mol. The summed E-state index contributed by atoms with van der Waals surface area (Å²) in [5.41, 5.74) is 7.91. The van der Waals surface area contributed by atoms with Crippen molar-refractivity contribution in [1.29, 1.82) is 0 Å². The molecular formula is C31H28F2N2O5S. The fourth-order valence-electron chi connectivity index (χ4n) is 5.61. The largest absolute Gasteiger partial charge is 0.465 e. The quantitative estimate of drug-likeness (QED) is 0.290. The van der Waals surface area contributed by atoms with E-state index >= 15 is 0 Å². The summed E-state index contributed by atoms with van der Waals surface area (Å²) in [4.78, 5) is 43.7. The van der Waals surface area contributed by atoms with E-state index in [1.807, 2.05) is 17.5 Å². The van der Waals surface area contributed by atoms with Gasteiger partial charge in [0.15, 0.2) is 5.78 Å². The molecule has 0 radical (unpaired) electrons. The van der Waals surface area contributed by atoms with E-state index in [1.54, 1.807) is 19.9 Å². The number of halogens is 2. The van der Waals surface area contributed by atoms with Crippen molar-refractivity contribution in [2.24, 2.45) is 11.7 Å². The maximum atomic E-state index is 14.6. The molecule has 1 aliphatic heterocycles. The number of hydrogen-bond acceptors (Lipinski definition) is 8. The van der Waals surface area contributed by atoms with Crippen LogP contribution in [-0.4, -0.2) is 30.9 Å². The second-order valence-corrected chi connectivity index (χ2v) is 10.6. The Morgan fingerprint density at radius 1 is 1.00 bits per heavy atom. The maximum Gasteiger partial charge on any atom is 0.338 e. The summed E-state index contributed by atoms with van der Waals surface area (Å²) in [7, 11) is 0. The van der Waals surface area contributed by atoms with Crippen LogP contribution in [0.4, 0.5) is 14.5 Å². The number of thiophene rings is 1. The zero-order chi connectivity index (χ0) is 29.3. The highest BCUT2D eigenvalue weighted by molar-refractivity contribution is 7.10. The molecule has 212 valence electrons. The van der Waals surface area contributed by atoms with Crippen LogP contribution in [-0.2, 0) is 23.9 Å². The maximum absolute atomic E-state index is 14.6. The van der Waals surface area contributed by atoms with Crippen molar-refractivity contribution < 1.29 is 32.6 Å². The van der Waals surface area contributed by atoms with Gasteiger partial charge in [0, 0.05) is 22.1 Å². The monoisotopic (exact) mass is 578 g/mol. The highest BCUT2D eigenvalue weighted by atomic mass is 32.1. The van der Waals surface area contributed by atoms with Gasteiger partial charge in [-0.1, -0.05) is 24.3 Å². The second kappa shape index (κ2) is 11.7. The number of ether oxygens (including phenoxy) is 2. The van der Waals surface area contributed by atoms with E-state index < -0.39 is 47.1 Å². The Morgan fingerprint density at radius 2 is 1.73 bits per heavy atom. The van der Waals surface area contributed by atoms with Gasteiger partial charge in [0.2, 0.25) is 0 Å². The first-order valence-corrected chi connectivity index (χ1v) is 14.1. The zero-order valence-electron chi connectivity index (χ0n) is 22.4. The van der Waals surface area contributed by atoms with E-state index in [4.69, 9.17) is 15.2 Å². The molecule has 0 amide bonds. The molecule has 0 spiro atoms. The average molecular weight is 579 g/mol. The number of carbonyl (C=O) groups excluding carboxylic acids is 3. The molecule has 2 aromatic carbocycles. The third-order valence-electron chi connectivity index (χ3n) is 7.25. The molecule has 1 aliphatic carbocycles. The molecule has 2 aliphatic rings. The summed E-state index contributed by atoms with van der Waals surface area (Å²) in [6.07, 6.45) is 0.163. The number of esters is 2. The third-order valence-corrected chi connectivity index (χ3v) is 8.26. The third kappa shape index (κ3) is 5.15. The molecule has 0 saturated carbocycles. The number of ketones is 1. The van der Waals surface area contributed by atoms with Gasteiger partial charge in [-0.25, -0.2) is 13.6 Å². The zero-order valence-corrected chi connectivity index (χ0v) is 23.3. The highest BCUT2D eigenvalue weighted by Gasteiger charge is 2.51. The van der Waals surface area contributed by atoms with Gasteiger partial charge in [-0.05, 0) is 67.6 Å². The minimum absolute atomic E-state index is 0.0253. The summed E-state index contributed by atoms with van der Waals surface area (Å²) in [5.74, 6) is -5.98. The number of allylic oxidation sites excluding steroid dienone is 2. The molecule has 2 heterocycles. The number of nitrogens with zero attached hydrogens (tertiary/aromatic N) is 1. The minimum atomic E-state index is -1.20. The first kappa shape index (κ1) is 28.2. The second-order valence-electron chi connectivity index (χ2n) is 9.60. The van der Waals surface area contributed by atoms with Gasteiger partial charge in [-0.15, -0.1) is 11.3 Å². The van der Waals surface area contributed by atoms with Crippen molar-refractivity contribution in [3.8, 4) is 0 Å². The number of carbonyl (C=O) groups is 3. The number of benzene rings is 2. The van der Waals surface area contributed by atoms with Crippen LogP contribution in [0.3, 0.4) is 0 Å². The van der Waals surface area contributed by atoms with Crippen LogP contribution in [0.25, 0.3) is 0 Å². The van der Waals surface area contributed by atoms with E-state index in [0.717, 1.165) is 4.88 Å². The summed E-state index contributed by atoms with van der Waals surface area (Å²) in [6, 6.07) is 14.7. The van der Waals surface area contributed by atoms with Gasteiger partial charge in [0.25, 0.3) is 0 Å². The normalized spacial score (nSPS) is 20.6. The van der Waals surface area contributed by atoms with E-state index in [2.05, 4.69) is 0 Å². The molecule has 2 N–H and O–H groups in total. The molecule has 41 heavy (non-hydrogen) atoms. The van der Waals surface area contributed by atoms with E-state index in [0.29, 0.717) is 16.9 Å². The fraction of sp³-hybridized carbons (Fsp3) is 0.258. The Hall–Kier alpha value is -4.31. The molecule has 0 unspecified atom stereocenters. The molecule has 7 nitrogen and oxygen atoms in total. The van der Waals surface area contributed by atoms with Gasteiger partial charge in [-0.3, -0.25) is 14.5 Å². The summed E-state index contributed by atoms with van der Waals surface area (Å²) in [6.45, 7) is 3.39. The SMILES string of the molecule is CCOC(=O)C1=C(N)N(c2cccc(F)c2)C2=C(C(=O)[C@H](C(=O)OCC)[C@H](c3cccs3)C2)[C@H]1c1ccc(F)cc1. The van der Waals surface area contributed by atoms with E-state index in [-0.39, 0.29) is 36.6 Å². The Morgan fingerprint density at radius 3 is 2.37 bits per heavy atom. The van der Waals surface area contributed by atoms with Gasteiger partial charge in [0.1, 0.15) is 23.4 Å². The van der Waals surface area contributed by atoms with Gasteiger partial charge >= 0.3 is 11.9 Å². The number of Topliss-reactive ketones (excluding diaryl/α,β-unsaturated/α-hetero) is 1. The van der Waals surface area contributed by atoms with Gasteiger partial charge in [0.05, 0.1) is 30.4 Å². The lowest BCUT2D eigenvalue weighted by atomic mass is 9.68. The van der Waals surface area contributed by atoms with Gasteiger partial charge < -0.3 is 15.2 Å². The molecule has 5 rings (SSSR count).